The Kier molecular flexibility index (Phi) is 13.5. The van der Waals surface area contributed by atoms with Crippen LogP contribution in [0.3, 0.4) is 0 Å². The number of nitrogens with one attached hydrogen (secondary N) is 2. The molecule has 0 spiro atoms. The lowest BCUT2D eigenvalue weighted by molar-refractivity contribution is -0.121. The number of methoxy groups -OCH3 is 1. The number of hydrogen-bond donors (Lipinski definition) is 6. The van der Waals surface area contributed by atoms with Gasteiger partial charge in [0.05, 0.1) is 18.8 Å². The van der Waals surface area contributed by atoms with E-state index in [2.05, 4.69) is 42.4 Å². The number of rotatable bonds is 6. The van der Waals surface area contributed by atoms with Crippen molar-refractivity contribution in [3.63, 3.8) is 0 Å². The molecule has 2 aromatic carbocycles. The number of aliphatic hydroxyl groups is 2. The first-order valence-electron chi connectivity index (χ1n) is 17.3. The summed E-state index contributed by atoms with van der Waals surface area (Å²) in [6, 6.07) is 5.56. The Morgan fingerprint density at radius 1 is 1.12 bits per heavy atom. The van der Waals surface area contributed by atoms with E-state index in [9.17, 15) is 20.1 Å². The Labute approximate surface area is 302 Å². The molecule has 2 aliphatic heterocycles. The molecule has 0 aromatic heterocycles. The number of nitrogens with two attached hydrogens (primary N) is 1. The number of hydrogen-bond acceptors (Lipinski definition) is 13. The highest BCUT2D eigenvalue weighted by atomic mass is 33.1. The number of phenolic OH excluding ortho intramolecular Hbond substituents is 1. The van der Waals surface area contributed by atoms with Crippen LogP contribution in [0, 0.1) is 29.6 Å². The molecule has 0 amide bonds. The van der Waals surface area contributed by atoms with E-state index in [1.807, 2.05) is 0 Å². The predicted octanol–water partition coefficient (Wildman–Crippen LogP) is 3.56. The van der Waals surface area contributed by atoms with Gasteiger partial charge in [-0.15, -0.1) is 0 Å². The summed E-state index contributed by atoms with van der Waals surface area (Å²) >= 11 is 0. The van der Waals surface area contributed by atoms with Crippen molar-refractivity contribution in [3.8, 4) is 34.8 Å². The zero-order valence-corrected chi connectivity index (χ0v) is 30.9. The van der Waals surface area contributed by atoms with Crippen LogP contribution in [0.1, 0.15) is 60.9 Å². The predicted molar refractivity (Wildman–Crippen MR) is 199 cm³/mol. The van der Waals surface area contributed by atoms with E-state index in [1.165, 1.54) is 7.11 Å². The van der Waals surface area contributed by atoms with Crippen molar-refractivity contribution < 1.29 is 34.3 Å². The van der Waals surface area contributed by atoms with Crippen LogP contribution < -0.4 is 30.6 Å². The zero-order chi connectivity index (χ0) is 35.8. The fraction of sp³-hybridized carbons (Fsp3) is 0.568. The van der Waals surface area contributed by atoms with Crippen LogP contribution in [0.2, 0.25) is 0 Å². The second kappa shape index (κ2) is 17.8. The van der Waals surface area contributed by atoms with Gasteiger partial charge in [0.25, 0.3) is 0 Å². The number of aliphatic hydroxyl groups excluding tert-OH is 2. The third-order valence-electron chi connectivity index (χ3n) is 9.57. The number of guanidine groups is 1. The SMILES string of the molecule is CNCOc1c2cc(c3c1O[C@H](O)[C@H]([C@@H]1CN=C(N)N[C@@H](C(C)C)CSSC1)C3)CC[C@@H](O)CC(=O)CCc1ccc(O)c(OC)c1C#CC2. The lowest BCUT2D eigenvalue weighted by Gasteiger charge is -2.37. The number of phenols is 1. The van der Waals surface area contributed by atoms with E-state index < -0.39 is 12.4 Å². The Bertz CT molecular complexity index is 1610. The highest BCUT2D eigenvalue weighted by molar-refractivity contribution is 8.76. The molecule has 2 heterocycles. The number of aryl methyl sites for hydroxylation is 2. The van der Waals surface area contributed by atoms with Gasteiger partial charge in [-0.2, -0.15) is 0 Å². The Morgan fingerprint density at radius 3 is 2.68 bits per heavy atom. The molecule has 13 heteroatoms. The van der Waals surface area contributed by atoms with Crippen LogP contribution in [0.4, 0.5) is 0 Å². The lowest BCUT2D eigenvalue weighted by atomic mass is 9.81. The number of ether oxygens (including phenoxy) is 3. The summed E-state index contributed by atoms with van der Waals surface area (Å²) in [5.74, 6) is 9.72. The average molecular weight is 727 g/mol. The molecular formula is C37H50N4O7S2. The van der Waals surface area contributed by atoms with E-state index >= 15 is 0 Å². The average Bonchev–Trinajstić information content (AvgIpc) is 3.08. The van der Waals surface area contributed by atoms with Crippen LogP contribution in [-0.2, 0) is 30.5 Å². The molecule has 0 fully saturated rings. The fourth-order valence-electron chi connectivity index (χ4n) is 6.62. The quantitative estimate of drug-likeness (QED) is 0.146. The van der Waals surface area contributed by atoms with Gasteiger partial charge in [0.2, 0.25) is 6.29 Å². The number of benzene rings is 2. The van der Waals surface area contributed by atoms with Crippen LogP contribution in [-0.4, -0.2) is 84.4 Å². The second-order valence-corrected chi connectivity index (χ2v) is 16.0. The Balaban J connectivity index is 1.55. The van der Waals surface area contributed by atoms with Gasteiger partial charge in [0.15, 0.2) is 29.0 Å². The first-order valence-corrected chi connectivity index (χ1v) is 19.8. The highest BCUT2D eigenvalue weighted by Gasteiger charge is 2.38. The zero-order valence-electron chi connectivity index (χ0n) is 29.3. The van der Waals surface area contributed by atoms with Crippen molar-refractivity contribution in [2.75, 3.05) is 38.9 Å². The van der Waals surface area contributed by atoms with Gasteiger partial charge in [-0.3, -0.25) is 15.1 Å². The number of ketones is 1. The largest absolute Gasteiger partial charge is 0.504 e. The van der Waals surface area contributed by atoms with Gasteiger partial charge in [-0.1, -0.05) is 59.4 Å². The van der Waals surface area contributed by atoms with Gasteiger partial charge in [-0.25, -0.2) is 0 Å². The molecular weight excluding hydrogens is 677 g/mol. The number of nitrogens with zero attached hydrogens (tertiary/aromatic N) is 1. The van der Waals surface area contributed by atoms with Gasteiger partial charge < -0.3 is 40.6 Å². The van der Waals surface area contributed by atoms with Gasteiger partial charge >= 0.3 is 0 Å². The standard InChI is InChI=1S/C37H50N4O7S2/c1-21(2)31-19-50-49-18-25(17-40-37(38)41-31)30-16-29-23-9-12-27(43)15-26(42)11-8-22-10-13-32(44)34(46-4)28(22)7-5-6-24(14-23)33(47-20-39-3)35(29)48-36(30)45/h10,13-14,21,25,27,30-31,36,39,43-45H,6,8-9,11-12,15-20H2,1-4H3,(H3,38,40,41)/t25-,27-,30+,31-,36+/m1/s1. The van der Waals surface area contributed by atoms with Crippen molar-refractivity contribution in [1.29, 1.82) is 0 Å². The number of aliphatic imine (C=N–C) groups is 1. The minimum absolute atomic E-state index is 0.0250. The molecule has 0 saturated heterocycles. The van der Waals surface area contributed by atoms with E-state index in [4.69, 9.17) is 24.9 Å². The molecule has 5 rings (SSSR count). The number of Topliss-reactive ketones (excluding diaryl/α,β-unsaturated/α-hetero) is 1. The summed E-state index contributed by atoms with van der Waals surface area (Å²) in [6.45, 7) is 4.97. The molecule has 11 nitrogen and oxygen atoms in total. The van der Waals surface area contributed by atoms with Gasteiger partial charge in [-0.05, 0) is 61.8 Å². The maximum Gasteiger partial charge on any atom is 0.201 e. The number of carbonyl (C=O) groups is 1. The van der Waals surface area contributed by atoms with Crippen molar-refractivity contribution in [3.05, 3.63) is 46.0 Å². The molecule has 0 unspecified atom stereocenters. The normalized spacial score (nSPS) is 24.8. The number of carbonyl (C=O) groups excluding carboxylic acids is 1. The fourth-order valence-corrected chi connectivity index (χ4v) is 9.49. The Hall–Kier alpha value is -3.28. The summed E-state index contributed by atoms with van der Waals surface area (Å²) in [7, 11) is 6.83. The van der Waals surface area contributed by atoms with Gasteiger partial charge in [0, 0.05) is 60.4 Å². The minimum Gasteiger partial charge on any atom is -0.504 e. The molecule has 0 radical (unpaired) electrons. The molecule has 7 N–H and O–H groups in total. The molecule has 2 bridgehead atoms. The van der Waals surface area contributed by atoms with Crippen LogP contribution in [0.25, 0.3) is 0 Å². The van der Waals surface area contributed by atoms with E-state index in [0.717, 1.165) is 33.8 Å². The van der Waals surface area contributed by atoms with Crippen LogP contribution in [0.15, 0.2) is 23.2 Å². The minimum atomic E-state index is -1.11. The molecule has 0 saturated carbocycles. The molecule has 50 heavy (non-hydrogen) atoms. The van der Waals surface area contributed by atoms with Crippen molar-refractivity contribution >= 4 is 33.3 Å². The lowest BCUT2D eigenvalue weighted by Crippen LogP contribution is -2.45. The highest BCUT2D eigenvalue weighted by Crippen LogP contribution is 2.46. The number of fused-ring (bicyclic) bond motifs is 5. The monoisotopic (exact) mass is 726 g/mol. The Morgan fingerprint density at radius 2 is 1.92 bits per heavy atom. The first-order chi connectivity index (χ1) is 24.1. The van der Waals surface area contributed by atoms with E-state index in [1.54, 1.807) is 40.8 Å². The molecule has 272 valence electrons. The third kappa shape index (κ3) is 9.33. The third-order valence-corrected chi connectivity index (χ3v) is 12.1. The van der Waals surface area contributed by atoms with E-state index in [-0.39, 0.29) is 61.2 Å². The maximum atomic E-state index is 13.0. The summed E-state index contributed by atoms with van der Waals surface area (Å²) in [5.41, 5.74) is 10.2. The molecule has 2 aromatic rings. The topological polar surface area (TPSA) is 168 Å². The van der Waals surface area contributed by atoms with Crippen LogP contribution >= 0.6 is 21.6 Å². The summed E-state index contributed by atoms with van der Waals surface area (Å²) in [5, 5.41) is 39.5. The van der Waals surface area contributed by atoms with Crippen molar-refractivity contribution in [2.24, 2.45) is 28.5 Å². The first kappa shape index (κ1) is 38.0. The molecule has 5 atom stereocenters. The van der Waals surface area contributed by atoms with Crippen molar-refractivity contribution in [2.45, 2.75) is 77.2 Å². The van der Waals surface area contributed by atoms with Crippen LogP contribution in [0.5, 0.6) is 23.0 Å². The summed E-state index contributed by atoms with van der Waals surface area (Å²) in [6.07, 6.45) is 0.399. The summed E-state index contributed by atoms with van der Waals surface area (Å²) < 4.78 is 18.1. The summed E-state index contributed by atoms with van der Waals surface area (Å²) in [4.78, 5) is 17.7. The molecule has 1 aliphatic carbocycles. The van der Waals surface area contributed by atoms with Gasteiger partial charge in [0.1, 0.15) is 12.5 Å². The maximum absolute atomic E-state index is 13.0. The number of aromatic hydroxyl groups is 1. The van der Waals surface area contributed by atoms with Crippen molar-refractivity contribution in [1.82, 2.24) is 10.6 Å². The second-order valence-electron chi connectivity index (χ2n) is 13.5. The van der Waals surface area contributed by atoms with E-state index in [0.29, 0.717) is 61.2 Å². The smallest absolute Gasteiger partial charge is 0.201 e. The molecule has 3 aliphatic rings.